The van der Waals surface area contributed by atoms with Crippen LogP contribution < -0.4 is 0 Å². The Morgan fingerprint density at radius 1 is 0.821 bits per heavy atom. The number of aliphatic hydroxyl groups is 1. The number of fused-ring (bicyclic) bond motifs is 5. The Balaban J connectivity index is 1.46. The van der Waals surface area contributed by atoms with Crippen molar-refractivity contribution in [3.8, 4) is 0 Å². The predicted octanol–water partition coefficient (Wildman–Crippen LogP) is 7.47. The molecule has 9 atom stereocenters. The average Bonchev–Trinajstić information content (AvgIpc) is 2.99. The van der Waals surface area contributed by atoms with E-state index in [1.807, 2.05) is 0 Å². The van der Waals surface area contributed by atoms with Crippen molar-refractivity contribution >= 4 is 0 Å². The number of rotatable bonds is 5. The number of hydrogen-bond acceptors (Lipinski definition) is 1. The third-order valence-electron chi connectivity index (χ3n) is 10.8. The molecule has 0 radical (unpaired) electrons. The fraction of sp³-hybridized carbons (Fsp3) is 1.00. The van der Waals surface area contributed by atoms with Gasteiger partial charge in [-0.3, -0.25) is 0 Å². The molecule has 4 aliphatic rings. The molecule has 4 fully saturated rings. The first kappa shape index (κ1) is 21.2. The highest BCUT2D eigenvalue weighted by Crippen LogP contribution is 2.68. The lowest BCUT2D eigenvalue weighted by atomic mass is 9.44. The highest BCUT2D eigenvalue weighted by molar-refractivity contribution is 5.09. The summed E-state index contributed by atoms with van der Waals surface area (Å²) in [6.45, 7) is 12.7. The van der Waals surface area contributed by atoms with Crippen LogP contribution in [0.5, 0.6) is 0 Å². The fourth-order valence-electron chi connectivity index (χ4n) is 9.26. The van der Waals surface area contributed by atoms with Crippen LogP contribution in [0.2, 0.25) is 0 Å². The Kier molecular flexibility index (Phi) is 5.98. The van der Waals surface area contributed by atoms with Crippen molar-refractivity contribution in [3.05, 3.63) is 0 Å². The largest absolute Gasteiger partial charge is 0.393 e. The maximum absolute atomic E-state index is 10.3. The van der Waals surface area contributed by atoms with Gasteiger partial charge in [0.1, 0.15) is 0 Å². The molecule has 4 rings (SSSR count). The molecule has 0 saturated heterocycles. The first-order chi connectivity index (χ1) is 13.3. The lowest BCUT2D eigenvalue weighted by Gasteiger charge is -2.61. The van der Waals surface area contributed by atoms with Gasteiger partial charge in [-0.1, -0.05) is 53.9 Å². The maximum atomic E-state index is 10.3. The average molecular weight is 389 g/mol. The van der Waals surface area contributed by atoms with Crippen molar-refractivity contribution in [3.63, 3.8) is 0 Å². The number of hydrogen-bond donors (Lipinski definition) is 1. The lowest BCUT2D eigenvalue weighted by molar-refractivity contribution is -0.129. The van der Waals surface area contributed by atoms with E-state index in [1.54, 1.807) is 0 Å². The molecule has 0 spiro atoms. The summed E-state index contributed by atoms with van der Waals surface area (Å²) in [6, 6.07) is 0. The van der Waals surface area contributed by atoms with E-state index in [0.29, 0.717) is 10.8 Å². The molecule has 1 N–H and O–H groups in total. The lowest BCUT2D eigenvalue weighted by Crippen LogP contribution is -2.54. The summed E-state index contributed by atoms with van der Waals surface area (Å²) in [6.07, 6.45) is 16.6. The topological polar surface area (TPSA) is 20.2 Å². The van der Waals surface area contributed by atoms with Gasteiger partial charge in [-0.25, -0.2) is 0 Å². The van der Waals surface area contributed by atoms with Gasteiger partial charge in [0.15, 0.2) is 0 Å². The van der Waals surface area contributed by atoms with E-state index in [0.717, 1.165) is 54.3 Å². The monoisotopic (exact) mass is 388 g/mol. The van der Waals surface area contributed by atoms with Crippen molar-refractivity contribution in [2.75, 3.05) is 0 Å². The minimum atomic E-state index is -0.00830. The Bertz CT molecular complexity index is 540. The molecule has 162 valence electrons. The van der Waals surface area contributed by atoms with Gasteiger partial charge in [-0.15, -0.1) is 0 Å². The normalized spacial score (nSPS) is 49.4. The molecule has 28 heavy (non-hydrogen) atoms. The van der Waals surface area contributed by atoms with E-state index in [9.17, 15) is 5.11 Å². The van der Waals surface area contributed by atoms with Crippen LogP contribution >= 0.6 is 0 Å². The van der Waals surface area contributed by atoms with Crippen LogP contribution in [0.1, 0.15) is 112 Å². The van der Waals surface area contributed by atoms with Gasteiger partial charge >= 0.3 is 0 Å². The second-order valence-electron chi connectivity index (χ2n) is 12.6. The van der Waals surface area contributed by atoms with Crippen molar-refractivity contribution < 1.29 is 5.11 Å². The molecular weight excluding hydrogens is 340 g/mol. The molecule has 0 amide bonds. The van der Waals surface area contributed by atoms with E-state index in [1.165, 1.54) is 64.2 Å². The van der Waals surface area contributed by atoms with Crippen LogP contribution in [0.15, 0.2) is 0 Å². The summed E-state index contributed by atoms with van der Waals surface area (Å²) in [7, 11) is 0. The van der Waals surface area contributed by atoms with Gasteiger partial charge < -0.3 is 5.11 Å². The SMILES string of the molecule is CC(C)CCC[C@@H](C)[C@H]1CCC2C3CCC4C[C@@H](O)CC[C@]4(C)C3CC[C@@]21C. The van der Waals surface area contributed by atoms with E-state index in [4.69, 9.17) is 0 Å². The summed E-state index contributed by atoms with van der Waals surface area (Å²) in [4.78, 5) is 0. The summed E-state index contributed by atoms with van der Waals surface area (Å²) in [5.41, 5.74) is 1.15. The highest BCUT2D eigenvalue weighted by Gasteiger charge is 2.60. The first-order valence-corrected chi connectivity index (χ1v) is 12.9. The van der Waals surface area contributed by atoms with Gasteiger partial charge in [0.2, 0.25) is 0 Å². The predicted molar refractivity (Wildman–Crippen MR) is 119 cm³/mol. The van der Waals surface area contributed by atoms with Gasteiger partial charge in [-0.05, 0) is 110 Å². The molecular formula is C27H48O. The van der Waals surface area contributed by atoms with E-state index >= 15 is 0 Å². The third kappa shape index (κ3) is 3.50. The Morgan fingerprint density at radius 2 is 1.54 bits per heavy atom. The van der Waals surface area contributed by atoms with Crippen LogP contribution in [-0.4, -0.2) is 11.2 Å². The minimum Gasteiger partial charge on any atom is -0.393 e. The van der Waals surface area contributed by atoms with Crippen LogP contribution in [0.25, 0.3) is 0 Å². The van der Waals surface area contributed by atoms with Crippen LogP contribution in [0.4, 0.5) is 0 Å². The molecule has 0 aromatic rings. The molecule has 4 saturated carbocycles. The van der Waals surface area contributed by atoms with Crippen LogP contribution in [0, 0.1) is 52.3 Å². The standard InChI is InChI=1S/C27H48O/c1-18(2)7-6-8-19(3)23-11-12-24-22-10-9-20-17-21(28)13-15-26(20,4)25(22)14-16-27(23,24)5/h18-25,28H,6-17H2,1-5H3/t19-,20?,21+,22?,23-,24?,25?,26+,27-/m1/s1. The quantitative estimate of drug-likeness (QED) is 0.518. The zero-order chi connectivity index (χ0) is 20.1. The van der Waals surface area contributed by atoms with Crippen molar-refractivity contribution in [1.29, 1.82) is 0 Å². The molecule has 4 aliphatic carbocycles. The molecule has 0 aliphatic heterocycles. The zero-order valence-electron chi connectivity index (χ0n) is 19.6. The molecule has 1 heteroatoms. The Hall–Kier alpha value is -0.0400. The minimum absolute atomic E-state index is 0.00830. The van der Waals surface area contributed by atoms with Gasteiger partial charge in [0, 0.05) is 0 Å². The number of aliphatic hydroxyl groups excluding tert-OH is 1. The van der Waals surface area contributed by atoms with E-state index < -0.39 is 0 Å². The van der Waals surface area contributed by atoms with Gasteiger partial charge in [0.25, 0.3) is 0 Å². The second-order valence-corrected chi connectivity index (χ2v) is 12.6. The summed E-state index contributed by atoms with van der Waals surface area (Å²) in [5, 5.41) is 10.3. The molecule has 0 heterocycles. The smallest absolute Gasteiger partial charge is 0.0543 e. The highest BCUT2D eigenvalue weighted by atomic mass is 16.3. The second kappa shape index (κ2) is 7.90. The Labute approximate surface area is 175 Å². The summed E-state index contributed by atoms with van der Waals surface area (Å²) < 4.78 is 0. The zero-order valence-corrected chi connectivity index (χ0v) is 19.6. The maximum Gasteiger partial charge on any atom is 0.0543 e. The molecule has 0 aromatic carbocycles. The third-order valence-corrected chi connectivity index (χ3v) is 10.8. The first-order valence-electron chi connectivity index (χ1n) is 12.9. The van der Waals surface area contributed by atoms with Crippen LogP contribution in [0.3, 0.4) is 0 Å². The van der Waals surface area contributed by atoms with Crippen LogP contribution in [-0.2, 0) is 0 Å². The summed E-state index contributed by atoms with van der Waals surface area (Å²) >= 11 is 0. The van der Waals surface area contributed by atoms with Crippen molar-refractivity contribution in [2.24, 2.45) is 52.3 Å². The molecule has 0 bridgehead atoms. The molecule has 0 aromatic heterocycles. The Morgan fingerprint density at radius 3 is 2.29 bits per heavy atom. The van der Waals surface area contributed by atoms with Gasteiger partial charge in [-0.2, -0.15) is 0 Å². The van der Waals surface area contributed by atoms with Crippen molar-refractivity contribution in [2.45, 2.75) is 118 Å². The molecule has 4 unspecified atom stereocenters. The summed E-state index contributed by atoms with van der Waals surface area (Å²) in [5.74, 6) is 6.49. The van der Waals surface area contributed by atoms with E-state index in [2.05, 4.69) is 34.6 Å². The molecule has 1 nitrogen and oxygen atoms in total. The fourth-order valence-corrected chi connectivity index (χ4v) is 9.26. The van der Waals surface area contributed by atoms with Gasteiger partial charge in [0.05, 0.1) is 6.10 Å². The van der Waals surface area contributed by atoms with Crippen molar-refractivity contribution in [1.82, 2.24) is 0 Å². The van der Waals surface area contributed by atoms with E-state index in [-0.39, 0.29) is 6.10 Å².